The van der Waals surface area contributed by atoms with E-state index < -0.39 is 6.43 Å². The van der Waals surface area contributed by atoms with Crippen LogP contribution in [-0.4, -0.2) is 83.2 Å². The molecule has 3 aromatic rings. The maximum absolute atomic E-state index is 14.2. The number of ether oxygens (including phenoxy) is 1. The highest BCUT2D eigenvalue weighted by molar-refractivity contribution is 5.80. The van der Waals surface area contributed by atoms with Gasteiger partial charge in [0.2, 0.25) is 5.95 Å². The second-order valence-corrected chi connectivity index (χ2v) is 11.0. The number of benzene rings is 1. The second-order valence-electron chi connectivity index (χ2n) is 11.0. The summed E-state index contributed by atoms with van der Waals surface area (Å²) in [6, 6.07) is 7.41. The molecule has 3 heterocycles. The molecule has 1 saturated heterocycles. The lowest BCUT2D eigenvalue weighted by atomic mass is 9.83. The summed E-state index contributed by atoms with van der Waals surface area (Å²) >= 11 is 0. The van der Waals surface area contributed by atoms with E-state index in [1.165, 1.54) is 4.57 Å². The topological polar surface area (TPSA) is 88.4 Å². The number of alkyl halides is 2. The number of nitrogens with zero attached hydrogens (tertiary/aromatic N) is 6. The molecule has 5 rings (SSSR count). The molecule has 11 heteroatoms. The van der Waals surface area contributed by atoms with Crippen LogP contribution in [0.1, 0.15) is 49.9 Å². The van der Waals surface area contributed by atoms with Gasteiger partial charge in [-0.25, -0.2) is 13.8 Å². The molecule has 0 atom stereocenters. The summed E-state index contributed by atoms with van der Waals surface area (Å²) < 4.78 is 35.3. The standard InChI is InChI=1S/C28H37F2N7O2/c1-18-4-9-22-23(14-18)37(27(32-22)26(29)30)25-16-24(33-28(34-25)36-10-12-39-13-11-36)31-20-7-5-19(6-8-20)15-21(38)17-35(2)3/h4,9,14,16,19-20,26H,5-8,10-13,15,17H2,1-3H3,(H,31,33,34). The fourth-order valence-electron chi connectivity index (χ4n) is 5.57. The van der Waals surface area contributed by atoms with Crippen LogP contribution in [0.4, 0.5) is 20.5 Å². The zero-order chi connectivity index (χ0) is 27.5. The van der Waals surface area contributed by atoms with Gasteiger partial charge in [0.15, 0.2) is 5.82 Å². The van der Waals surface area contributed by atoms with E-state index in [-0.39, 0.29) is 17.6 Å². The number of ketones is 1. The van der Waals surface area contributed by atoms with Gasteiger partial charge in [0, 0.05) is 31.6 Å². The normalized spacial score (nSPS) is 20.2. The first-order valence-electron chi connectivity index (χ1n) is 13.7. The van der Waals surface area contributed by atoms with Crippen molar-refractivity contribution in [1.29, 1.82) is 0 Å². The monoisotopic (exact) mass is 541 g/mol. The summed E-state index contributed by atoms with van der Waals surface area (Å²) in [6.07, 6.45) is 1.62. The van der Waals surface area contributed by atoms with Crippen LogP contribution in [0.3, 0.4) is 0 Å². The van der Waals surface area contributed by atoms with Gasteiger partial charge in [-0.05, 0) is 70.3 Å². The van der Waals surface area contributed by atoms with Crippen molar-refractivity contribution in [2.24, 2.45) is 5.92 Å². The Hall–Kier alpha value is -3.18. The zero-order valence-electron chi connectivity index (χ0n) is 22.9. The van der Waals surface area contributed by atoms with Crippen molar-refractivity contribution in [3.63, 3.8) is 0 Å². The van der Waals surface area contributed by atoms with Gasteiger partial charge >= 0.3 is 0 Å². The summed E-state index contributed by atoms with van der Waals surface area (Å²) in [5.41, 5.74) is 2.04. The van der Waals surface area contributed by atoms with Gasteiger partial charge in [0.1, 0.15) is 17.4 Å². The number of anilines is 2. The number of Topliss-reactive ketones (excluding diaryl/α,β-unsaturated/α-hetero) is 1. The first-order chi connectivity index (χ1) is 18.8. The molecule has 210 valence electrons. The summed E-state index contributed by atoms with van der Waals surface area (Å²) in [6.45, 7) is 4.77. The minimum Gasteiger partial charge on any atom is -0.378 e. The number of carbonyl (C=O) groups is 1. The van der Waals surface area contributed by atoms with Crippen molar-refractivity contribution < 1.29 is 18.3 Å². The average molecular weight is 542 g/mol. The van der Waals surface area contributed by atoms with Gasteiger partial charge in [0.25, 0.3) is 6.43 Å². The maximum Gasteiger partial charge on any atom is 0.296 e. The number of hydrogen-bond acceptors (Lipinski definition) is 8. The molecule has 1 saturated carbocycles. The van der Waals surface area contributed by atoms with Crippen LogP contribution < -0.4 is 10.2 Å². The van der Waals surface area contributed by atoms with Gasteiger partial charge in [-0.1, -0.05) is 6.07 Å². The number of aryl methyl sites for hydroxylation is 1. The number of likely N-dealkylation sites (N-methyl/N-ethyl adjacent to an activating group) is 1. The Morgan fingerprint density at radius 1 is 1.10 bits per heavy atom. The smallest absolute Gasteiger partial charge is 0.296 e. The molecule has 2 aliphatic rings. The quantitative estimate of drug-likeness (QED) is 0.427. The number of rotatable bonds is 9. The third-order valence-electron chi connectivity index (χ3n) is 7.46. The van der Waals surface area contributed by atoms with E-state index in [1.54, 1.807) is 12.1 Å². The first kappa shape index (κ1) is 27.4. The Bertz CT molecular complexity index is 1300. The predicted octanol–water partition coefficient (Wildman–Crippen LogP) is 4.39. The summed E-state index contributed by atoms with van der Waals surface area (Å²) in [5, 5.41) is 3.55. The van der Waals surface area contributed by atoms with Crippen molar-refractivity contribution >= 4 is 28.6 Å². The molecule has 2 aromatic heterocycles. The third kappa shape index (κ3) is 6.52. The molecule has 0 spiro atoms. The Balaban J connectivity index is 1.42. The van der Waals surface area contributed by atoms with E-state index in [9.17, 15) is 13.6 Å². The lowest BCUT2D eigenvalue weighted by Crippen LogP contribution is -2.37. The van der Waals surface area contributed by atoms with Crippen LogP contribution >= 0.6 is 0 Å². The molecular formula is C28H37F2N7O2. The van der Waals surface area contributed by atoms with E-state index >= 15 is 0 Å². The highest BCUT2D eigenvalue weighted by Gasteiger charge is 2.26. The highest BCUT2D eigenvalue weighted by atomic mass is 19.3. The second kappa shape index (κ2) is 11.9. The fourth-order valence-corrected chi connectivity index (χ4v) is 5.57. The fraction of sp³-hybridized carbons (Fsp3) is 0.571. The van der Waals surface area contributed by atoms with Gasteiger partial charge < -0.3 is 19.9 Å². The number of carbonyl (C=O) groups excluding carboxylic acids is 1. The van der Waals surface area contributed by atoms with E-state index in [4.69, 9.17) is 14.7 Å². The van der Waals surface area contributed by atoms with E-state index in [2.05, 4.69) is 10.3 Å². The number of morpholine rings is 1. The number of halogens is 2. The van der Waals surface area contributed by atoms with Crippen LogP contribution in [0.25, 0.3) is 16.9 Å². The molecule has 0 bridgehead atoms. The van der Waals surface area contributed by atoms with Crippen LogP contribution in [0.2, 0.25) is 0 Å². The van der Waals surface area contributed by atoms with Crippen molar-refractivity contribution in [3.05, 3.63) is 35.7 Å². The van der Waals surface area contributed by atoms with Crippen molar-refractivity contribution in [1.82, 2.24) is 24.4 Å². The van der Waals surface area contributed by atoms with Crippen molar-refractivity contribution in [3.8, 4) is 5.82 Å². The number of hydrogen-bond donors (Lipinski definition) is 1. The third-order valence-corrected chi connectivity index (χ3v) is 7.46. The number of imidazole rings is 1. The molecule has 9 nitrogen and oxygen atoms in total. The number of fused-ring (bicyclic) bond motifs is 1. The molecule has 2 fully saturated rings. The largest absolute Gasteiger partial charge is 0.378 e. The summed E-state index contributed by atoms with van der Waals surface area (Å²) in [5.74, 6) is 1.79. The minimum atomic E-state index is -2.76. The molecule has 1 aliphatic carbocycles. The van der Waals surface area contributed by atoms with Crippen LogP contribution in [0, 0.1) is 12.8 Å². The van der Waals surface area contributed by atoms with Crippen molar-refractivity contribution in [2.75, 3.05) is 57.2 Å². The van der Waals surface area contributed by atoms with E-state index in [0.717, 1.165) is 31.2 Å². The van der Waals surface area contributed by atoms with E-state index in [1.807, 2.05) is 43.0 Å². The maximum atomic E-state index is 14.2. The van der Waals surface area contributed by atoms with Crippen LogP contribution in [-0.2, 0) is 9.53 Å². The lowest BCUT2D eigenvalue weighted by Gasteiger charge is -2.30. The highest BCUT2D eigenvalue weighted by Crippen LogP contribution is 2.32. The van der Waals surface area contributed by atoms with Gasteiger partial charge in [-0.15, -0.1) is 0 Å². The Morgan fingerprint density at radius 3 is 2.54 bits per heavy atom. The van der Waals surface area contributed by atoms with Gasteiger partial charge in [-0.3, -0.25) is 9.36 Å². The van der Waals surface area contributed by atoms with Gasteiger partial charge in [-0.2, -0.15) is 9.97 Å². The summed E-state index contributed by atoms with van der Waals surface area (Å²) in [4.78, 5) is 30.0. The van der Waals surface area contributed by atoms with E-state index in [0.29, 0.717) is 73.8 Å². The SMILES string of the molecule is Cc1ccc2nc(C(F)F)n(-c3cc(NC4CCC(CC(=O)CN(C)C)CC4)nc(N4CCOCC4)n3)c2c1. The molecular weight excluding hydrogens is 504 g/mol. The predicted molar refractivity (Wildman–Crippen MR) is 147 cm³/mol. The molecule has 1 N–H and O–H groups in total. The van der Waals surface area contributed by atoms with Crippen molar-refractivity contribution in [2.45, 2.75) is 51.5 Å². The minimum absolute atomic E-state index is 0.182. The van der Waals surface area contributed by atoms with Gasteiger partial charge in [0.05, 0.1) is 30.8 Å². The number of nitrogens with one attached hydrogen (secondary N) is 1. The zero-order valence-corrected chi connectivity index (χ0v) is 22.9. The Kier molecular flexibility index (Phi) is 8.37. The molecule has 1 aromatic carbocycles. The molecule has 0 unspecified atom stereocenters. The first-order valence-corrected chi connectivity index (χ1v) is 13.7. The Morgan fingerprint density at radius 2 is 1.85 bits per heavy atom. The molecule has 0 amide bonds. The molecule has 39 heavy (non-hydrogen) atoms. The Labute approximate surface area is 227 Å². The average Bonchev–Trinajstić information content (AvgIpc) is 3.29. The summed E-state index contributed by atoms with van der Waals surface area (Å²) in [7, 11) is 3.83. The lowest BCUT2D eigenvalue weighted by molar-refractivity contribution is -0.120. The molecule has 0 radical (unpaired) electrons. The van der Waals surface area contributed by atoms with Crippen LogP contribution in [0.5, 0.6) is 0 Å². The van der Waals surface area contributed by atoms with Crippen LogP contribution in [0.15, 0.2) is 24.3 Å². The molecule has 1 aliphatic heterocycles. The number of aromatic nitrogens is 4.